The predicted molar refractivity (Wildman–Crippen MR) is 79.9 cm³/mol. The van der Waals surface area contributed by atoms with E-state index in [4.69, 9.17) is 11.6 Å². The highest BCUT2D eigenvalue weighted by Gasteiger charge is 2.48. The molecule has 1 aliphatic carbocycles. The predicted octanol–water partition coefficient (Wildman–Crippen LogP) is 3.24. The lowest BCUT2D eigenvalue weighted by Gasteiger charge is -2.14. The van der Waals surface area contributed by atoms with Gasteiger partial charge in [0.1, 0.15) is 0 Å². The quantitative estimate of drug-likeness (QED) is 0.804. The molecule has 0 saturated heterocycles. The highest BCUT2D eigenvalue weighted by molar-refractivity contribution is 6.30. The van der Waals surface area contributed by atoms with Gasteiger partial charge in [-0.15, -0.1) is 6.58 Å². The van der Waals surface area contributed by atoms with Crippen molar-refractivity contribution in [3.63, 3.8) is 0 Å². The van der Waals surface area contributed by atoms with Crippen LogP contribution in [0, 0.1) is 11.8 Å². The maximum absolute atomic E-state index is 13.0. The molecule has 0 heterocycles. The van der Waals surface area contributed by atoms with Gasteiger partial charge in [0.25, 0.3) is 0 Å². The van der Waals surface area contributed by atoms with Gasteiger partial charge < -0.3 is 10.6 Å². The van der Waals surface area contributed by atoms with Crippen molar-refractivity contribution in [3.05, 3.63) is 41.4 Å². The Labute approximate surface area is 135 Å². The van der Waals surface area contributed by atoms with Crippen LogP contribution in [0.4, 0.5) is 18.9 Å². The monoisotopic (exact) mass is 346 g/mol. The van der Waals surface area contributed by atoms with Gasteiger partial charge in [0.2, 0.25) is 11.8 Å². The molecule has 2 atom stereocenters. The summed E-state index contributed by atoms with van der Waals surface area (Å²) in [5.41, 5.74) is -1.39. The van der Waals surface area contributed by atoms with E-state index in [1.807, 2.05) is 0 Å². The summed E-state index contributed by atoms with van der Waals surface area (Å²) in [6.45, 7) is 3.73. The van der Waals surface area contributed by atoms with Crippen molar-refractivity contribution in [2.75, 3.05) is 11.9 Å². The van der Waals surface area contributed by atoms with E-state index in [2.05, 4.69) is 17.2 Å². The van der Waals surface area contributed by atoms with Gasteiger partial charge >= 0.3 is 6.18 Å². The van der Waals surface area contributed by atoms with E-state index < -0.39 is 29.5 Å². The van der Waals surface area contributed by atoms with Crippen molar-refractivity contribution in [1.82, 2.24) is 5.32 Å². The van der Waals surface area contributed by atoms with Gasteiger partial charge in [-0.3, -0.25) is 9.59 Å². The molecule has 8 heteroatoms. The van der Waals surface area contributed by atoms with E-state index >= 15 is 0 Å². The minimum atomic E-state index is -4.64. The molecule has 0 aromatic heterocycles. The van der Waals surface area contributed by atoms with Crippen molar-refractivity contribution in [3.8, 4) is 0 Å². The summed E-state index contributed by atoms with van der Waals surface area (Å²) < 4.78 is 38.9. The molecule has 2 unspecified atom stereocenters. The maximum atomic E-state index is 13.0. The van der Waals surface area contributed by atoms with Crippen molar-refractivity contribution in [2.45, 2.75) is 12.6 Å². The molecule has 2 rings (SSSR count). The van der Waals surface area contributed by atoms with Gasteiger partial charge in [0.05, 0.1) is 23.1 Å². The molecule has 1 aliphatic rings. The normalized spacial score (nSPS) is 19.8. The molecule has 1 aromatic carbocycles. The summed E-state index contributed by atoms with van der Waals surface area (Å²) in [5, 5.41) is 4.70. The lowest BCUT2D eigenvalue weighted by atomic mass is 10.1. The van der Waals surface area contributed by atoms with Crippen LogP contribution < -0.4 is 10.6 Å². The molecule has 0 spiro atoms. The summed E-state index contributed by atoms with van der Waals surface area (Å²) in [4.78, 5) is 23.7. The van der Waals surface area contributed by atoms with Gasteiger partial charge in [0, 0.05) is 11.6 Å². The average molecular weight is 347 g/mol. The first-order valence-electron chi connectivity index (χ1n) is 6.80. The van der Waals surface area contributed by atoms with Crippen LogP contribution in [-0.2, 0) is 15.8 Å². The van der Waals surface area contributed by atoms with Crippen molar-refractivity contribution in [2.24, 2.45) is 11.8 Å². The van der Waals surface area contributed by atoms with E-state index in [0.717, 1.165) is 12.1 Å². The van der Waals surface area contributed by atoms with Crippen LogP contribution in [0.15, 0.2) is 30.9 Å². The van der Waals surface area contributed by atoms with E-state index in [1.165, 1.54) is 12.1 Å². The number of hydrogen-bond donors (Lipinski definition) is 2. The number of nitrogens with one attached hydrogen (secondary N) is 2. The lowest BCUT2D eigenvalue weighted by molar-refractivity contribution is -0.137. The zero-order valence-electron chi connectivity index (χ0n) is 11.9. The Morgan fingerprint density at radius 3 is 2.57 bits per heavy atom. The molecule has 0 bridgehead atoms. The molecule has 2 amide bonds. The van der Waals surface area contributed by atoms with E-state index in [-0.39, 0.29) is 23.2 Å². The topological polar surface area (TPSA) is 58.2 Å². The Hall–Kier alpha value is -2.02. The fourth-order valence-corrected chi connectivity index (χ4v) is 2.34. The third kappa shape index (κ3) is 4.25. The largest absolute Gasteiger partial charge is 0.418 e. The second-order valence-electron chi connectivity index (χ2n) is 5.16. The van der Waals surface area contributed by atoms with Gasteiger partial charge in [0.15, 0.2) is 0 Å². The Morgan fingerprint density at radius 2 is 1.96 bits per heavy atom. The van der Waals surface area contributed by atoms with E-state index in [0.29, 0.717) is 6.42 Å². The SMILES string of the molecule is C=CCNC(=O)C1CC1C(=O)Nc1ccc(Cl)cc1C(F)(F)F. The van der Waals surface area contributed by atoms with Crippen LogP contribution in [-0.4, -0.2) is 18.4 Å². The Kier molecular flexibility index (Phi) is 4.99. The molecule has 124 valence electrons. The first kappa shape index (κ1) is 17.3. The first-order valence-corrected chi connectivity index (χ1v) is 7.18. The fourth-order valence-electron chi connectivity index (χ4n) is 2.16. The summed E-state index contributed by atoms with van der Waals surface area (Å²) in [6.07, 6.45) is -2.83. The lowest BCUT2D eigenvalue weighted by Crippen LogP contribution is -2.27. The summed E-state index contributed by atoms with van der Waals surface area (Å²) in [5.74, 6) is -2.07. The standard InChI is InChI=1S/C15H14ClF3N2O2/c1-2-5-20-13(22)9-7-10(9)14(23)21-12-4-3-8(16)6-11(12)15(17,18)19/h2-4,6,9-10H,1,5,7H2,(H,20,22)(H,21,23). The highest BCUT2D eigenvalue weighted by atomic mass is 35.5. The molecule has 0 radical (unpaired) electrons. The highest BCUT2D eigenvalue weighted by Crippen LogP contribution is 2.41. The van der Waals surface area contributed by atoms with Crippen LogP contribution in [0.2, 0.25) is 5.02 Å². The molecule has 23 heavy (non-hydrogen) atoms. The number of carbonyl (C=O) groups is 2. The zero-order chi connectivity index (χ0) is 17.2. The van der Waals surface area contributed by atoms with E-state index in [9.17, 15) is 22.8 Å². The number of halogens is 4. The molecular formula is C15H14ClF3N2O2. The minimum absolute atomic E-state index is 0.0802. The Balaban J connectivity index is 2.05. The molecular weight excluding hydrogens is 333 g/mol. The third-order valence-electron chi connectivity index (χ3n) is 3.43. The number of rotatable bonds is 5. The summed E-state index contributed by atoms with van der Waals surface area (Å²) in [7, 11) is 0. The number of hydrogen-bond acceptors (Lipinski definition) is 2. The number of carbonyl (C=O) groups excluding carboxylic acids is 2. The number of benzene rings is 1. The van der Waals surface area contributed by atoms with Crippen LogP contribution >= 0.6 is 11.6 Å². The van der Waals surface area contributed by atoms with Gasteiger partial charge in [-0.05, 0) is 24.6 Å². The Morgan fingerprint density at radius 1 is 1.30 bits per heavy atom. The van der Waals surface area contributed by atoms with Gasteiger partial charge in [-0.25, -0.2) is 0 Å². The molecule has 4 nitrogen and oxygen atoms in total. The molecule has 1 fully saturated rings. The minimum Gasteiger partial charge on any atom is -0.352 e. The number of alkyl halides is 3. The fraction of sp³-hybridized carbons (Fsp3) is 0.333. The molecule has 0 aliphatic heterocycles. The van der Waals surface area contributed by atoms with Gasteiger partial charge in [-0.1, -0.05) is 17.7 Å². The summed E-state index contributed by atoms with van der Waals surface area (Å²) in [6, 6.07) is 3.10. The molecule has 1 aromatic rings. The van der Waals surface area contributed by atoms with Crippen LogP contribution in [0.3, 0.4) is 0 Å². The maximum Gasteiger partial charge on any atom is 0.418 e. The Bertz CT molecular complexity index is 646. The third-order valence-corrected chi connectivity index (χ3v) is 3.66. The van der Waals surface area contributed by atoms with Gasteiger partial charge in [-0.2, -0.15) is 13.2 Å². The van der Waals surface area contributed by atoms with Crippen LogP contribution in [0.5, 0.6) is 0 Å². The summed E-state index contributed by atoms with van der Waals surface area (Å²) >= 11 is 5.57. The zero-order valence-corrected chi connectivity index (χ0v) is 12.7. The second kappa shape index (κ2) is 6.62. The smallest absolute Gasteiger partial charge is 0.352 e. The second-order valence-corrected chi connectivity index (χ2v) is 5.60. The number of amides is 2. The van der Waals surface area contributed by atoms with Crippen LogP contribution in [0.25, 0.3) is 0 Å². The molecule has 2 N–H and O–H groups in total. The van der Waals surface area contributed by atoms with Crippen LogP contribution in [0.1, 0.15) is 12.0 Å². The average Bonchev–Trinajstić information content (AvgIpc) is 3.26. The van der Waals surface area contributed by atoms with E-state index in [1.54, 1.807) is 0 Å². The van der Waals surface area contributed by atoms with Crippen molar-refractivity contribution < 1.29 is 22.8 Å². The van der Waals surface area contributed by atoms with Crippen molar-refractivity contribution in [1.29, 1.82) is 0 Å². The molecule has 1 saturated carbocycles. The first-order chi connectivity index (χ1) is 10.7. The number of anilines is 1. The van der Waals surface area contributed by atoms with Crippen molar-refractivity contribution >= 4 is 29.1 Å².